The molecule has 0 aromatic heterocycles. The van der Waals surface area contributed by atoms with Gasteiger partial charge in [-0.05, 0) is 30.0 Å². The highest BCUT2D eigenvalue weighted by Crippen LogP contribution is 2.34. The van der Waals surface area contributed by atoms with Crippen LogP contribution >= 0.6 is 12.4 Å². The molecule has 9 nitrogen and oxygen atoms in total. The van der Waals surface area contributed by atoms with E-state index in [9.17, 15) is 24.0 Å². The van der Waals surface area contributed by atoms with Crippen molar-refractivity contribution >= 4 is 58.5 Å². The lowest BCUT2D eigenvalue weighted by atomic mass is 9.91. The fourth-order valence-corrected chi connectivity index (χ4v) is 3.62. The van der Waals surface area contributed by atoms with E-state index in [4.69, 9.17) is 5.11 Å². The Labute approximate surface area is 170 Å². The van der Waals surface area contributed by atoms with Crippen LogP contribution in [0.25, 0.3) is 10.8 Å². The van der Waals surface area contributed by atoms with Crippen LogP contribution in [-0.4, -0.2) is 52.2 Å². The molecule has 4 rings (SSSR count). The lowest BCUT2D eigenvalue weighted by molar-refractivity contribution is -0.137. The van der Waals surface area contributed by atoms with Crippen LogP contribution in [0.3, 0.4) is 0 Å². The molecule has 10 heteroatoms. The minimum atomic E-state index is -1.07. The van der Waals surface area contributed by atoms with Crippen LogP contribution in [0.5, 0.6) is 0 Å². The second kappa shape index (κ2) is 7.51. The molecule has 150 valence electrons. The first-order valence-corrected chi connectivity index (χ1v) is 8.61. The molecule has 1 unspecified atom stereocenters. The van der Waals surface area contributed by atoms with Crippen molar-refractivity contribution in [3.63, 3.8) is 0 Å². The standard InChI is InChI=1S/C19H15N3O6.ClH/c23-14-5-4-13(17(26)21-14)22-18(27)11-3-1-2-9-6-10(20-8-15(24)25)7-12(16(9)11)19(22)28;/h1-3,6-7,13,20H,4-5,8H2,(H,24,25)(H,21,23,26);1H. The van der Waals surface area contributed by atoms with E-state index >= 15 is 0 Å². The summed E-state index contributed by atoms with van der Waals surface area (Å²) in [6.07, 6.45) is 0.0924. The minimum Gasteiger partial charge on any atom is -0.480 e. The molecule has 0 aliphatic carbocycles. The molecule has 3 N–H and O–H groups in total. The minimum absolute atomic E-state index is 0. The van der Waals surface area contributed by atoms with E-state index in [-0.39, 0.29) is 42.9 Å². The van der Waals surface area contributed by atoms with Crippen molar-refractivity contribution in [2.24, 2.45) is 0 Å². The van der Waals surface area contributed by atoms with E-state index < -0.39 is 35.6 Å². The Morgan fingerprint density at radius 1 is 1.14 bits per heavy atom. The van der Waals surface area contributed by atoms with Crippen LogP contribution in [0.4, 0.5) is 5.69 Å². The Kier molecular flexibility index (Phi) is 5.25. The Hall–Kier alpha value is -3.46. The average Bonchev–Trinajstić information content (AvgIpc) is 2.65. The second-order valence-electron chi connectivity index (χ2n) is 6.62. The molecule has 0 spiro atoms. The van der Waals surface area contributed by atoms with Gasteiger partial charge in [-0.1, -0.05) is 12.1 Å². The number of carboxylic acid groups (broad SMARTS) is 1. The molecule has 29 heavy (non-hydrogen) atoms. The third-order valence-corrected chi connectivity index (χ3v) is 4.84. The number of nitrogens with zero attached hydrogens (tertiary/aromatic N) is 1. The molecule has 2 aromatic rings. The maximum absolute atomic E-state index is 13.1. The molecular formula is C19H16ClN3O6. The predicted octanol–water partition coefficient (Wildman–Crippen LogP) is 1.16. The molecular weight excluding hydrogens is 402 g/mol. The molecule has 0 radical (unpaired) electrons. The Balaban J connectivity index is 0.00000240. The SMILES string of the molecule is Cl.O=C(O)CNc1cc2c3c(cccc3c1)C(=O)N(C1CCC(=O)NC1=O)C2=O. The second-order valence-corrected chi connectivity index (χ2v) is 6.62. The van der Waals surface area contributed by atoms with E-state index in [2.05, 4.69) is 10.6 Å². The van der Waals surface area contributed by atoms with Crippen molar-refractivity contribution in [3.8, 4) is 0 Å². The molecule has 2 heterocycles. The number of anilines is 1. The zero-order chi connectivity index (χ0) is 20.0. The first kappa shape index (κ1) is 20.3. The van der Waals surface area contributed by atoms with Gasteiger partial charge in [0.25, 0.3) is 11.8 Å². The zero-order valence-electron chi connectivity index (χ0n) is 14.9. The predicted molar refractivity (Wildman–Crippen MR) is 104 cm³/mol. The fraction of sp³-hybridized carbons (Fsp3) is 0.211. The van der Waals surface area contributed by atoms with Crippen molar-refractivity contribution < 1.29 is 29.1 Å². The normalized spacial score (nSPS) is 18.3. The van der Waals surface area contributed by atoms with Gasteiger partial charge in [0.05, 0.1) is 5.56 Å². The summed E-state index contributed by atoms with van der Waals surface area (Å²) in [6.45, 7) is -0.339. The Morgan fingerprint density at radius 2 is 1.86 bits per heavy atom. The summed E-state index contributed by atoms with van der Waals surface area (Å²) < 4.78 is 0. The summed E-state index contributed by atoms with van der Waals surface area (Å²) in [5, 5.41) is 14.8. The van der Waals surface area contributed by atoms with Crippen molar-refractivity contribution in [2.45, 2.75) is 18.9 Å². The van der Waals surface area contributed by atoms with Crippen molar-refractivity contribution in [1.82, 2.24) is 10.2 Å². The van der Waals surface area contributed by atoms with Gasteiger partial charge < -0.3 is 10.4 Å². The lowest BCUT2D eigenvalue weighted by Gasteiger charge is -2.34. The maximum atomic E-state index is 13.1. The van der Waals surface area contributed by atoms with E-state index in [0.717, 1.165) is 4.90 Å². The zero-order valence-corrected chi connectivity index (χ0v) is 15.7. The number of piperidine rings is 1. The molecule has 0 saturated carbocycles. The fourth-order valence-electron chi connectivity index (χ4n) is 3.62. The highest BCUT2D eigenvalue weighted by atomic mass is 35.5. The van der Waals surface area contributed by atoms with Gasteiger partial charge in [0.15, 0.2) is 0 Å². The number of carbonyl (C=O) groups excluding carboxylic acids is 4. The first-order chi connectivity index (χ1) is 13.4. The van der Waals surface area contributed by atoms with Crippen molar-refractivity contribution in [3.05, 3.63) is 41.5 Å². The monoisotopic (exact) mass is 417 g/mol. The average molecular weight is 418 g/mol. The third-order valence-electron chi connectivity index (χ3n) is 4.84. The molecule has 0 bridgehead atoms. The van der Waals surface area contributed by atoms with Crippen LogP contribution < -0.4 is 10.6 Å². The highest BCUT2D eigenvalue weighted by Gasteiger charge is 2.42. The quantitative estimate of drug-likeness (QED) is 0.635. The summed E-state index contributed by atoms with van der Waals surface area (Å²) >= 11 is 0. The van der Waals surface area contributed by atoms with E-state index in [0.29, 0.717) is 16.5 Å². The van der Waals surface area contributed by atoms with Crippen molar-refractivity contribution in [1.29, 1.82) is 0 Å². The van der Waals surface area contributed by atoms with Gasteiger partial charge >= 0.3 is 5.97 Å². The topological polar surface area (TPSA) is 133 Å². The third kappa shape index (κ3) is 3.40. The molecule has 1 saturated heterocycles. The van der Waals surface area contributed by atoms with Gasteiger partial charge in [-0.15, -0.1) is 12.4 Å². The van der Waals surface area contributed by atoms with Crippen molar-refractivity contribution in [2.75, 3.05) is 11.9 Å². The highest BCUT2D eigenvalue weighted by molar-refractivity contribution is 6.27. The van der Waals surface area contributed by atoms with Gasteiger partial charge in [0.2, 0.25) is 11.8 Å². The molecule has 1 fully saturated rings. The summed E-state index contributed by atoms with van der Waals surface area (Å²) in [5.74, 6) is -3.44. The van der Waals surface area contributed by atoms with E-state index in [1.54, 1.807) is 24.3 Å². The van der Waals surface area contributed by atoms with Crippen LogP contribution in [0.2, 0.25) is 0 Å². The van der Waals surface area contributed by atoms with Crippen LogP contribution in [0, 0.1) is 0 Å². The lowest BCUT2D eigenvalue weighted by Crippen LogP contribution is -2.57. The maximum Gasteiger partial charge on any atom is 0.322 e. The Bertz CT molecular complexity index is 1080. The first-order valence-electron chi connectivity index (χ1n) is 8.61. The van der Waals surface area contributed by atoms with Gasteiger partial charge in [-0.3, -0.25) is 34.2 Å². The van der Waals surface area contributed by atoms with Gasteiger partial charge in [0.1, 0.15) is 12.6 Å². The van der Waals surface area contributed by atoms with E-state index in [1.165, 1.54) is 6.07 Å². The van der Waals surface area contributed by atoms with E-state index in [1.807, 2.05) is 0 Å². The van der Waals surface area contributed by atoms with Gasteiger partial charge in [-0.25, -0.2) is 0 Å². The largest absolute Gasteiger partial charge is 0.480 e. The molecule has 2 aromatic carbocycles. The molecule has 2 aliphatic rings. The number of amides is 4. The summed E-state index contributed by atoms with van der Waals surface area (Å²) in [7, 11) is 0. The number of benzene rings is 2. The number of carbonyl (C=O) groups is 5. The number of nitrogens with one attached hydrogen (secondary N) is 2. The number of carboxylic acids is 1. The summed E-state index contributed by atoms with van der Waals surface area (Å²) in [4.78, 5) is 61.5. The summed E-state index contributed by atoms with van der Waals surface area (Å²) in [6, 6.07) is 7.01. The Morgan fingerprint density at radius 3 is 2.55 bits per heavy atom. The number of rotatable bonds is 4. The smallest absolute Gasteiger partial charge is 0.322 e. The number of halogens is 1. The molecule has 4 amide bonds. The number of imide groups is 2. The number of aliphatic carboxylic acids is 1. The summed E-state index contributed by atoms with van der Waals surface area (Å²) in [5.41, 5.74) is 0.889. The molecule has 2 aliphatic heterocycles. The van der Waals surface area contributed by atoms with Crippen LogP contribution in [-0.2, 0) is 14.4 Å². The van der Waals surface area contributed by atoms with Gasteiger partial charge in [0, 0.05) is 23.1 Å². The van der Waals surface area contributed by atoms with Gasteiger partial charge in [-0.2, -0.15) is 0 Å². The van der Waals surface area contributed by atoms with Crippen LogP contribution in [0.15, 0.2) is 30.3 Å². The number of hydrogen-bond donors (Lipinski definition) is 3. The molecule has 1 atom stereocenters. The number of hydrogen-bond acceptors (Lipinski definition) is 6. The van der Waals surface area contributed by atoms with Crippen LogP contribution in [0.1, 0.15) is 33.6 Å².